The molecule has 8 heteroatoms. The Morgan fingerprint density at radius 1 is 1.23 bits per heavy atom. The van der Waals surface area contributed by atoms with E-state index in [-0.39, 0.29) is 12.5 Å². The van der Waals surface area contributed by atoms with E-state index in [1.807, 2.05) is 42.9 Å². The van der Waals surface area contributed by atoms with Gasteiger partial charge in [-0.05, 0) is 57.7 Å². The molecule has 1 aromatic heterocycles. The molecule has 1 fully saturated rings. The highest BCUT2D eigenvalue weighted by Crippen LogP contribution is 2.18. The Labute approximate surface area is 184 Å². The number of benzene rings is 1. The fourth-order valence-electron chi connectivity index (χ4n) is 3.27. The summed E-state index contributed by atoms with van der Waals surface area (Å²) in [4.78, 5) is 16.4. The lowest BCUT2D eigenvalue weighted by Crippen LogP contribution is -2.38. The van der Waals surface area contributed by atoms with Crippen molar-refractivity contribution < 1.29 is 9.53 Å². The van der Waals surface area contributed by atoms with E-state index in [9.17, 15) is 4.79 Å². The van der Waals surface area contributed by atoms with E-state index in [0.717, 1.165) is 49.7 Å². The van der Waals surface area contributed by atoms with Crippen molar-refractivity contribution in [1.29, 1.82) is 0 Å². The van der Waals surface area contributed by atoms with E-state index in [2.05, 4.69) is 34.9 Å². The van der Waals surface area contributed by atoms with Gasteiger partial charge in [-0.15, -0.1) is 0 Å². The number of carbonyl (C=O) groups is 1. The van der Waals surface area contributed by atoms with Crippen LogP contribution in [0.1, 0.15) is 42.3 Å². The number of nitrogens with zero attached hydrogens (tertiary/aromatic N) is 3. The minimum absolute atomic E-state index is 0.0531. The minimum atomic E-state index is -0.0531. The third-order valence-electron chi connectivity index (χ3n) is 5.34. The number of guanidine groups is 1. The van der Waals surface area contributed by atoms with Crippen molar-refractivity contribution in [2.75, 3.05) is 19.7 Å². The van der Waals surface area contributed by atoms with Gasteiger partial charge in [-0.2, -0.15) is 5.10 Å². The largest absolute Gasteiger partial charge is 0.484 e. The van der Waals surface area contributed by atoms with Crippen LogP contribution in [0, 0.1) is 13.8 Å². The number of amides is 1. The van der Waals surface area contributed by atoms with Crippen LogP contribution in [-0.4, -0.2) is 47.4 Å². The topological polar surface area (TPSA) is 92.6 Å². The SMILES string of the molecule is CCNC(=NCc1c(C)nn(C)c1C)NCCc1ccc(OCC(=O)NC2CC2)cc1. The third kappa shape index (κ3) is 7.01. The van der Waals surface area contributed by atoms with Crippen LogP contribution >= 0.6 is 0 Å². The molecule has 1 heterocycles. The van der Waals surface area contributed by atoms with Gasteiger partial charge in [0.25, 0.3) is 5.91 Å². The minimum Gasteiger partial charge on any atom is -0.484 e. The molecule has 0 spiro atoms. The van der Waals surface area contributed by atoms with Crippen LogP contribution < -0.4 is 20.7 Å². The molecule has 1 amide bonds. The average molecular weight is 427 g/mol. The Balaban J connectivity index is 1.44. The van der Waals surface area contributed by atoms with Crippen molar-refractivity contribution in [2.45, 2.75) is 52.6 Å². The molecule has 0 aliphatic heterocycles. The van der Waals surface area contributed by atoms with Crippen LogP contribution in [0.3, 0.4) is 0 Å². The zero-order valence-electron chi connectivity index (χ0n) is 19.0. The van der Waals surface area contributed by atoms with Gasteiger partial charge >= 0.3 is 0 Å². The Morgan fingerprint density at radius 2 is 1.97 bits per heavy atom. The number of ether oxygens (including phenoxy) is 1. The summed E-state index contributed by atoms with van der Waals surface area (Å²) in [7, 11) is 1.96. The van der Waals surface area contributed by atoms with E-state index < -0.39 is 0 Å². The third-order valence-corrected chi connectivity index (χ3v) is 5.34. The molecule has 3 N–H and O–H groups in total. The van der Waals surface area contributed by atoms with Gasteiger partial charge in [-0.1, -0.05) is 12.1 Å². The number of hydrogen-bond acceptors (Lipinski definition) is 4. The van der Waals surface area contributed by atoms with Crippen LogP contribution in [0.5, 0.6) is 5.75 Å². The van der Waals surface area contributed by atoms with Crippen LogP contribution in [0.15, 0.2) is 29.3 Å². The lowest BCUT2D eigenvalue weighted by atomic mass is 10.1. The molecule has 1 aliphatic rings. The number of hydrogen-bond donors (Lipinski definition) is 3. The quantitative estimate of drug-likeness (QED) is 0.399. The molecule has 0 unspecified atom stereocenters. The highest BCUT2D eigenvalue weighted by molar-refractivity contribution is 5.79. The van der Waals surface area contributed by atoms with Gasteiger partial charge in [-0.3, -0.25) is 9.48 Å². The van der Waals surface area contributed by atoms with Gasteiger partial charge in [-0.25, -0.2) is 4.99 Å². The summed E-state index contributed by atoms with van der Waals surface area (Å²) in [6.45, 7) is 8.37. The first kappa shape index (κ1) is 22.7. The van der Waals surface area contributed by atoms with Crippen LogP contribution in [0.4, 0.5) is 0 Å². The standard InChI is InChI=1S/C23H34N6O2/c1-5-24-23(26-14-21-16(2)28-29(4)17(21)3)25-13-12-18-6-10-20(11-7-18)31-15-22(30)27-19-8-9-19/h6-7,10-11,19H,5,8-9,12-15H2,1-4H3,(H,27,30)(H2,24,25,26). The van der Waals surface area contributed by atoms with Gasteiger partial charge in [0.15, 0.2) is 12.6 Å². The molecule has 31 heavy (non-hydrogen) atoms. The first-order valence-electron chi connectivity index (χ1n) is 11.0. The maximum atomic E-state index is 11.7. The molecular weight excluding hydrogens is 392 g/mol. The molecule has 0 atom stereocenters. The van der Waals surface area contributed by atoms with Crippen LogP contribution in [0.2, 0.25) is 0 Å². The second-order valence-corrected chi connectivity index (χ2v) is 7.92. The summed E-state index contributed by atoms with van der Waals surface area (Å²) >= 11 is 0. The number of carbonyl (C=O) groups excluding carboxylic acids is 1. The van der Waals surface area contributed by atoms with Crippen molar-refractivity contribution >= 4 is 11.9 Å². The molecule has 2 aromatic rings. The molecule has 168 valence electrons. The van der Waals surface area contributed by atoms with E-state index in [1.54, 1.807) is 0 Å². The molecule has 3 rings (SSSR count). The van der Waals surface area contributed by atoms with E-state index in [4.69, 9.17) is 9.73 Å². The van der Waals surface area contributed by atoms with Crippen molar-refractivity contribution in [2.24, 2.45) is 12.0 Å². The second-order valence-electron chi connectivity index (χ2n) is 7.92. The van der Waals surface area contributed by atoms with E-state index >= 15 is 0 Å². The fourth-order valence-corrected chi connectivity index (χ4v) is 3.27. The van der Waals surface area contributed by atoms with Gasteiger partial charge < -0.3 is 20.7 Å². The summed E-state index contributed by atoms with van der Waals surface area (Å²) < 4.78 is 7.45. The fraction of sp³-hybridized carbons (Fsp3) is 0.522. The molecule has 1 aliphatic carbocycles. The van der Waals surface area contributed by atoms with Crippen molar-refractivity contribution in [3.05, 3.63) is 46.8 Å². The number of aryl methyl sites for hydroxylation is 2. The maximum Gasteiger partial charge on any atom is 0.258 e. The first-order valence-corrected chi connectivity index (χ1v) is 11.0. The van der Waals surface area contributed by atoms with Crippen molar-refractivity contribution in [3.63, 3.8) is 0 Å². The van der Waals surface area contributed by atoms with Gasteiger partial charge in [0.05, 0.1) is 12.2 Å². The molecule has 1 saturated carbocycles. The molecular formula is C23H34N6O2. The number of nitrogens with one attached hydrogen (secondary N) is 3. The van der Waals surface area contributed by atoms with Gasteiger partial charge in [0, 0.05) is 37.4 Å². The lowest BCUT2D eigenvalue weighted by Gasteiger charge is -2.12. The second kappa shape index (κ2) is 10.8. The Kier molecular flexibility index (Phi) is 7.92. The summed E-state index contributed by atoms with van der Waals surface area (Å²) in [5.41, 5.74) is 4.52. The predicted octanol–water partition coefficient (Wildman–Crippen LogP) is 1.99. The maximum absolute atomic E-state index is 11.7. The van der Waals surface area contributed by atoms with Crippen LogP contribution in [-0.2, 0) is 24.8 Å². The summed E-state index contributed by atoms with van der Waals surface area (Å²) in [6.07, 6.45) is 3.02. The first-order chi connectivity index (χ1) is 15.0. The Bertz CT molecular complexity index is 900. The summed E-state index contributed by atoms with van der Waals surface area (Å²) in [6, 6.07) is 8.24. The molecule has 0 saturated heterocycles. The van der Waals surface area contributed by atoms with Gasteiger partial charge in [0.1, 0.15) is 5.75 Å². The molecule has 0 bridgehead atoms. The number of aromatic nitrogens is 2. The molecule has 1 aromatic carbocycles. The van der Waals surface area contributed by atoms with Gasteiger partial charge in [0.2, 0.25) is 0 Å². The highest BCUT2D eigenvalue weighted by atomic mass is 16.5. The number of rotatable bonds is 10. The Morgan fingerprint density at radius 3 is 2.58 bits per heavy atom. The monoisotopic (exact) mass is 426 g/mol. The number of aliphatic imine (C=N–C) groups is 1. The smallest absolute Gasteiger partial charge is 0.258 e. The predicted molar refractivity (Wildman–Crippen MR) is 122 cm³/mol. The van der Waals surface area contributed by atoms with Crippen molar-refractivity contribution in [1.82, 2.24) is 25.7 Å². The normalized spacial score (nSPS) is 13.7. The van der Waals surface area contributed by atoms with Crippen LogP contribution in [0.25, 0.3) is 0 Å². The average Bonchev–Trinajstić information content (AvgIpc) is 3.52. The van der Waals surface area contributed by atoms with E-state index in [1.165, 1.54) is 11.1 Å². The molecule has 0 radical (unpaired) electrons. The lowest BCUT2D eigenvalue weighted by molar-refractivity contribution is -0.123. The highest BCUT2D eigenvalue weighted by Gasteiger charge is 2.23. The van der Waals surface area contributed by atoms with E-state index in [0.29, 0.717) is 18.3 Å². The zero-order chi connectivity index (χ0) is 22.2. The van der Waals surface area contributed by atoms with Crippen molar-refractivity contribution in [3.8, 4) is 5.75 Å². The zero-order valence-corrected chi connectivity index (χ0v) is 19.0. The summed E-state index contributed by atoms with van der Waals surface area (Å²) in [5, 5.41) is 14.1. The summed E-state index contributed by atoms with van der Waals surface area (Å²) in [5.74, 6) is 1.45. The molecule has 8 nitrogen and oxygen atoms in total. The Hall–Kier alpha value is -3.03.